The molecule has 0 N–H and O–H groups in total. The summed E-state index contributed by atoms with van der Waals surface area (Å²) in [6.07, 6.45) is 0. The first-order chi connectivity index (χ1) is 13.7. The number of ether oxygens (including phenoxy) is 1. The van der Waals surface area contributed by atoms with Crippen LogP contribution in [0.5, 0.6) is 5.75 Å². The maximum absolute atomic E-state index is 12.4. The fourth-order valence-electron chi connectivity index (χ4n) is 2.82. The zero-order valence-corrected chi connectivity index (χ0v) is 17.0. The Labute approximate surface area is 170 Å². The third-order valence-corrected chi connectivity index (χ3v) is 6.10. The zero-order valence-electron chi connectivity index (χ0n) is 15.4. The Morgan fingerprint density at radius 1 is 1.11 bits per heavy atom. The molecular formula is C21H17N3O2S2. The van der Waals surface area contributed by atoms with Gasteiger partial charge < -0.3 is 4.74 Å². The van der Waals surface area contributed by atoms with E-state index in [1.54, 1.807) is 18.4 Å². The van der Waals surface area contributed by atoms with Crippen LogP contribution in [0.4, 0.5) is 0 Å². The first-order valence-electron chi connectivity index (χ1n) is 8.65. The minimum Gasteiger partial charge on any atom is -0.497 e. The van der Waals surface area contributed by atoms with Crippen LogP contribution in [0.2, 0.25) is 0 Å². The Bertz CT molecular complexity index is 1140. The summed E-state index contributed by atoms with van der Waals surface area (Å²) in [5.74, 6) is 1.12. The second-order valence-corrected chi connectivity index (χ2v) is 8.24. The Hall–Kier alpha value is -2.77. The standard InChI is InChI=1S/C21H17N3O2S2/c1-13-22-19-20(28-13)18(15-9-6-10-16(11-15)26-2)23-24-21(19)27-12-17(25)14-7-4-3-5-8-14/h3-11H,12H2,1-2H3. The van der Waals surface area contributed by atoms with Gasteiger partial charge >= 0.3 is 0 Å². The summed E-state index contributed by atoms with van der Waals surface area (Å²) >= 11 is 2.95. The van der Waals surface area contributed by atoms with Gasteiger partial charge in [0, 0.05) is 11.1 Å². The lowest BCUT2D eigenvalue weighted by atomic mass is 10.1. The van der Waals surface area contributed by atoms with Crippen molar-refractivity contribution < 1.29 is 9.53 Å². The number of Topliss-reactive ketones (excluding diaryl/α,β-unsaturated/α-hetero) is 1. The van der Waals surface area contributed by atoms with Gasteiger partial charge in [0.2, 0.25) is 0 Å². The van der Waals surface area contributed by atoms with Crippen molar-refractivity contribution in [1.29, 1.82) is 0 Å². The van der Waals surface area contributed by atoms with Crippen molar-refractivity contribution in [3.8, 4) is 17.0 Å². The lowest BCUT2D eigenvalue weighted by Crippen LogP contribution is -2.03. The van der Waals surface area contributed by atoms with Crippen LogP contribution in [0.25, 0.3) is 21.5 Å². The molecule has 0 fully saturated rings. The van der Waals surface area contributed by atoms with Gasteiger partial charge in [-0.05, 0) is 19.1 Å². The summed E-state index contributed by atoms with van der Waals surface area (Å²) in [5.41, 5.74) is 3.19. The highest BCUT2D eigenvalue weighted by molar-refractivity contribution is 8.00. The van der Waals surface area contributed by atoms with E-state index in [-0.39, 0.29) is 5.78 Å². The molecule has 4 aromatic rings. The second kappa shape index (κ2) is 8.08. The van der Waals surface area contributed by atoms with Gasteiger partial charge in [-0.3, -0.25) is 4.79 Å². The van der Waals surface area contributed by atoms with Crippen molar-refractivity contribution in [3.63, 3.8) is 0 Å². The van der Waals surface area contributed by atoms with E-state index in [0.717, 1.165) is 32.2 Å². The summed E-state index contributed by atoms with van der Waals surface area (Å²) in [4.78, 5) is 17.1. The van der Waals surface area contributed by atoms with Crippen LogP contribution < -0.4 is 4.74 Å². The number of thioether (sulfide) groups is 1. The number of nitrogens with zero attached hydrogens (tertiary/aromatic N) is 3. The Morgan fingerprint density at radius 2 is 1.93 bits per heavy atom. The number of aromatic nitrogens is 3. The van der Waals surface area contributed by atoms with E-state index in [4.69, 9.17) is 4.74 Å². The maximum Gasteiger partial charge on any atom is 0.173 e. The number of aryl methyl sites for hydroxylation is 1. The molecule has 7 heteroatoms. The topological polar surface area (TPSA) is 65.0 Å². The van der Waals surface area contributed by atoms with Crippen LogP contribution >= 0.6 is 23.1 Å². The molecule has 0 aliphatic carbocycles. The SMILES string of the molecule is COc1cccc(-c2nnc(SCC(=O)c3ccccc3)c3nc(C)sc23)c1. The summed E-state index contributed by atoms with van der Waals surface area (Å²) in [6, 6.07) is 17.0. The molecule has 0 aliphatic rings. The molecule has 0 radical (unpaired) electrons. The average molecular weight is 408 g/mol. The average Bonchev–Trinajstić information content (AvgIpc) is 3.14. The molecule has 5 nitrogen and oxygen atoms in total. The smallest absolute Gasteiger partial charge is 0.173 e. The Balaban J connectivity index is 1.67. The summed E-state index contributed by atoms with van der Waals surface area (Å²) in [7, 11) is 1.64. The van der Waals surface area contributed by atoms with Gasteiger partial charge in [-0.25, -0.2) is 4.98 Å². The number of carbonyl (C=O) groups is 1. The molecule has 0 saturated carbocycles. The predicted molar refractivity (Wildman–Crippen MR) is 113 cm³/mol. The third kappa shape index (κ3) is 3.76. The molecule has 0 amide bonds. The van der Waals surface area contributed by atoms with E-state index in [1.807, 2.05) is 61.5 Å². The number of methoxy groups -OCH3 is 1. The number of benzene rings is 2. The van der Waals surface area contributed by atoms with Gasteiger partial charge in [0.1, 0.15) is 22.0 Å². The molecule has 4 rings (SSSR count). The second-order valence-electron chi connectivity index (χ2n) is 6.07. The number of hydrogen-bond acceptors (Lipinski definition) is 7. The highest BCUT2D eigenvalue weighted by atomic mass is 32.2. The molecule has 0 saturated heterocycles. The van der Waals surface area contributed by atoms with E-state index in [0.29, 0.717) is 16.3 Å². The Morgan fingerprint density at radius 3 is 2.71 bits per heavy atom. The molecule has 28 heavy (non-hydrogen) atoms. The van der Waals surface area contributed by atoms with Gasteiger partial charge in [-0.2, -0.15) is 0 Å². The molecule has 2 aromatic carbocycles. The Kier molecular flexibility index (Phi) is 5.36. The summed E-state index contributed by atoms with van der Waals surface area (Å²) < 4.78 is 6.29. The fraction of sp³-hybridized carbons (Fsp3) is 0.143. The molecule has 0 unspecified atom stereocenters. The zero-order chi connectivity index (χ0) is 19.5. The van der Waals surface area contributed by atoms with E-state index < -0.39 is 0 Å². The number of hydrogen-bond donors (Lipinski definition) is 0. The monoisotopic (exact) mass is 407 g/mol. The van der Waals surface area contributed by atoms with Gasteiger partial charge in [0.15, 0.2) is 5.78 Å². The van der Waals surface area contributed by atoms with Crippen molar-refractivity contribution in [3.05, 3.63) is 65.2 Å². The minimum absolute atomic E-state index is 0.0596. The highest BCUT2D eigenvalue weighted by Crippen LogP contribution is 2.36. The van der Waals surface area contributed by atoms with E-state index in [1.165, 1.54) is 11.8 Å². The third-order valence-electron chi connectivity index (χ3n) is 4.17. The number of thiazole rings is 1. The van der Waals surface area contributed by atoms with E-state index in [2.05, 4.69) is 15.2 Å². The molecular weight excluding hydrogens is 390 g/mol. The van der Waals surface area contributed by atoms with Gasteiger partial charge in [0.25, 0.3) is 0 Å². The molecule has 0 aliphatic heterocycles. The van der Waals surface area contributed by atoms with Crippen LogP contribution in [-0.4, -0.2) is 33.8 Å². The van der Waals surface area contributed by atoms with Crippen LogP contribution in [-0.2, 0) is 0 Å². The van der Waals surface area contributed by atoms with Crippen LogP contribution in [0.3, 0.4) is 0 Å². The van der Waals surface area contributed by atoms with Crippen molar-refractivity contribution in [1.82, 2.24) is 15.2 Å². The van der Waals surface area contributed by atoms with Crippen molar-refractivity contribution >= 4 is 39.1 Å². The normalized spacial score (nSPS) is 10.9. The van der Waals surface area contributed by atoms with E-state index in [9.17, 15) is 4.79 Å². The quantitative estimate of drug-likeness (QED) is 0.329. The minimum atomic E-state index is 0.0596. The molecule has 140 valence electrons. The number of fused-ring (bicyclic) bond motifs is 1. The van der Waals surface area contributed by atoms with Crippen LogP contribution in [0, 0.1) is 6.92 Å². The van der Waals surface area contributed by atoms with Crippen molar-refractivity contribution in [2.45, 2.75) is 11.9 Å². The summed E-state index contributed by atoms with van der Waals surface area (Å²) in [6.45, 7) is 1.96. The first kappa shape index (κ1) is 18.6. The van der Waals surface area contributed by atoms with Crippen molar-refractivity contribution in [2.75, 3.05) is 12.9 Å². The number of carbonyl (C=O) groups excluding carboxylic acids is 1. The fourth-order valence-corrected chi connectivity index (χ4v) is 4.63. The van der Waals surface area contributed by atoms with E-state index >= 15 is 0 Å². The van der Waals surface area contributed by atoms with Gasteiger partial charge in [-0.1, -0.05) is 54.2 Å². The van der Waals surface area contributed by atoms with Crippen LogP contribution in [0.1, 0.15) is 15.4 Å². The van der Waals surface area contributed by atoms with Gasteiger partial charge in [0.05, 0.1) is 22.6 Å². The molecule has 2 aromatic heterocycles. The maximum atomic E-state index is 12.4. The first-order valence-corrected chi connectivity index (χ1v) is 10.4. The lowest BCUT2D eigenvalue weighted by molar-refractivity contribution is 0.102. The molecule has 2 heterocycles. The van der Waals surface area contributed by atoms with Crippen LogP contribution in [0.15, 0.2) is 59.6 Å². The predicted octanol–water partition coefficient (Wildman–Crippen LogP) is 5.05. The molecule has 0 atom stereocenters. The number of ketones is 1. The van der Waals surface area contributed by atoms with Crippen molar-refractivity contribution in [2.24, 2.45) is 0 Å². The van der Waals surface area contributed by atoms with Gasteiger partial charge in [-0.15, -0.1) is 21.5 Å². The number of rotatable bonds is 6. The lowest BCUT2D eigenvalue weighted by Gasteiger charge is -2.06. The molecule has 0 spiro atoms. The highest BCUT2D eigenvalue weighted by Gasteiger charge is 2.17. The summed E-state index contributed by atoms with van der Waals surface area (Å²) in [5, 5.41) is 10.4. The molecule has 0 bridgehead atoms. The largest absolute Gasteiger partial charge is 0.497 e.